The lowest BCUT2D eigenvalue weighted by molar-refractivity contribution is -0.0704. The van der Waals surface area contributed by atoms with Crippen LogP contribution in [0.5, 0.6) is 0 Å². The van der Waals surface area contributed by atoms with Crippen molar-refractivity contribution in [2.45, 2.75) is 25.5 Å². The average Bonchev–Trinajstić information content (AvgIpc) is 2.90. The van der Waals surface area contributed by atoms with E-state index in [2.05, 4.69) is 0 Å². The van der Waals surface area contributed by atoms with Gasteiger partial charge in [0, 0.05) is 24.5 Å². The fourth-order valence-electron chi connectivity index (χ4n) is 3.21. The first-order valence-electron chi connectivity index (χ1n) is 7.29. The number of amides is 1. The maximum Gasteiger partial charge on any atom is 0.255 e. The molecular weight excluding hydrogens is 324 g/mol. The van der Waals surface area contributed by atoms with Gasteiger partial charge in [-0.05, 0) is 24.8 Å². The fourth-order valence-corrected chi connectivity index (χ4v) is 5.01. The minimum Gasteiger partial charge on any atom is -0.375 e. The summed E-state index contributed by atoms with van der Waals surface area (Å²) in [6.07, 6.45) is 1.78. The Morgan fingerprint density at radius 3 is 2.82 bits per heavy atom. The van der Waals surface area contributed by atoms with Gasteiger partial charge in [-0.1, -0.05) is 0 Å². The number of fused-ring (bicyclic) bond motifs is 1. The van der Waals surface area contributed by atoms with Crippen molar-refractivity contribution < 1.29 is 17.9 Å². The fraction of sp³-hybridized carbons (Fsp3) is 0.643. The van der Waals surface area contributed by atoms with Gasteiger partial charge in [0.2, 0.25) is 10.0 Å². The summed E-state index contributed by atoms with van der Waals surface area (Å²) >= 11 is 1.55. The Morgan fingerprint density at radius 1 is 1.41 bits per heavy atom. The quantitative estimate of drug-likeness (QED) is 0.800. The van der Waals surface area contributed by atoms with E-state index in [1.165, 1.54) is 10.6 Å². The SMILES string of the molecule is Cc1sccc1C(=O)N1CC[C@H]2OCCN(S(C)(=O)=O)[C@@H]2C1. The van der Waals surface area contributed by atoms with E-state index in [9.17, 15) is 13.2 Å². The first kappa shape index (κ1) is 15.9. The highest BCUT2D eigenvalue weighted by atomic mass is 32.2. The summed E-state index contributed by atoms with van der Waals surface area (Å²) in [5.41, 5.74) is 0.714. The molecule has 0 radical (unpaired) electrons. The lowest BCUT2D eigenvalue weighted by atomic mass is 10.00. The number of hydrogen-bond donors (Lipinski definition) is 0. The lowest BCUT2D eigenvalue weighted by Crippen LogP contribution is -2.61. The van der Waals surface area contributed by atoms with Crippen LogP contribution in [-0.4, -0.2) is 68.2 Å². The van der Waals surface area contributed by atoms with Crippen LogP contribution in [0, 0.1) is 6.92 Å². The zero-order valence-corrected chi connectivity index (χ0v) is 14.3. The molecule has 3 heterocycles. The highest BCUT2D eigenvalue weighted by Crippen LogP contribution is 2.27. The van der Waals surface area contributed by atoms with Gasteiger partial charge in [-0.3, -0.25) is 4.79 Å². The molecule has 1 aromatic heterocycles. The molecule has 0 saturated carbocycles. The first-order chi connectivity index (χ1) is 10.4. The van der Waals surface area contributed by atoms with Crippen LogP contribution >= 0.6 is 11.3 Å². The van der Waals surface area contributed by atoms with Crippen LogP contribution < -0.4 is 0 Å². The van der Waals surface area contributed by atoms with E-state index in [0.717, 1.165) is 4.88 Å². The molecule has 0 aromatic carbocycles. The number of morpholine rings is 1. The van der Waals surface area contributed by atoms with Crippen LogP contribution in [0.3, 0.4) is 0 Å². The van der Waals surface area contributed by atoms with Crippen LogP contribution in [0.2, 0.25) is 0 Å². The van der Waals surface area contributed by atoms with E-state index in [1.54, 1.807) is 16.2 Å². The molecule has 3 rings (SSSR count). The van der Waals surface area contributed by atoms with Gasteiger partial charge < -0.3 is 9.64 Å². The average molecular weight is 344 g/mol. The molecule has 1 amide bonds. The summed E-state index contributed by atoms with van der Waals surface area (Å²) in [4.78, 5) is 15.4. The number of sulfonamides is 1. The van der Waals surface area contributed by atoms with Crippen molar-refractivity contribution in [3.63, 3.8) is 0 Å². The number of likely N-dealkylation sites (tertiary alicyclic amines) is 1. The number of nitrogens with zero attached hydrogens (tertiary/aromatic N) is 2. The zero-order chi connectivity index (χ0) is 15.9. The van der Waals surface area contributed by atoms with Crippen molar-refractivity contribution in [3.05, 3.63) is 21.9 Å². The molecule has 0 unspecified atom stereocenters. The zero-order valence-electron chi connectivity index (χ0n) is 12.7. The summed E-state index contributed by atoms with van der Waals surface area (Å²) in [6.45, 7) is 3.71. The number of carbonyl (C=O) groups excluding carboxylic acids is 1. The molecule has 2 fully saturated rings. The molecule has 22 heavy (non-hydrogen) atoms. The Kier molecular flexibility index (Phi) is 4.28. The van der Waals surface area contributed by atoms with Crippen LogP contribution in [0.25, 0.3) is 0 Å². The molecule has 0 N–H and O–H groups in total. The molecule has 0 bridgehead atoms. The van der Waals surface area contributed by atoms with E-state index in [4.69, 9.17) is 4.74 Å². The van der Waals surface area contributed by atoms with Gasteiger partial charge in [-0.2, -0.15) is 4.31 Å². The molecule has 1 aromatic rings. The molecule has 0 aliphatic carbocycles. The predicted octanol–water partition coefficient (Wildman–Crippen LogP) is 0.931. The number of ether oxygens (including phenoxy) is 1. The summed E-state index contributed by atoms with van der Waals surface area (Å²) in [6, 6.07) is 1.56. The predicted molar refractivity (Wildman–Crippen MR) is 84.7 cm³/mol. The minimum absolute atomic E-state index is 0.0174. The second-order valence-electron chi connectivity index (χ2n) is 5.78. The van der Waals surface area contributed by atoms with Gasteiger partial charge >= 0.3 is 0 Å². The Morgan fingerprint density at radius 2 is 2.18 bits per heavy atom. The summed E-state index contributed by atoms with van der Waals surface area (Å²) in [7, 11) is -3.29. The molecular formula is C14H20N2O4S2. The Bertz CT molecular complexity index is 670. The molecule has 2 aliphatic rings. The summed E-state index contributed by atoms with van der Waals surface area (Å²) < 4.78 is 31.1. The highest BCUT2D eigenvalue weighted by molar-refractivity contribution is 7.88. The maximum atomic E-state index is 12.6. The van der Waals surface area contributed by atoms with Crippen LogP contribution in [0.4, 0.5) is 0 Å². The molecule has 8 heteroatoms. The van der Waals surface area contributed by atoms with Crippen LogP contribution in [-0.2, 0) is 14.8 Å². The van der Waals surface area contributed by atoms with E-state index >= 15 is 0 Å². The lowest BCUT2D eigenvalue weighted by Gasteiger charge is -2.45. The number of carbonyl (C=O) groups is 1. The third-order valence-corrected chi connectivity index (χ3v) is 6.49. The molecule has 0 spiro atoms. The van der Waals surface area contributed by atoms with Crippen molar-refractivity contribution in [3.8, 4) is 0 Å². The van der Waals surface area contributed by atoms with Gasteiger partial charge in [0.15, 0.2) is 0 Å². The van der Waals surface area contributed by atoms with Crippen molar-refractivity contribution in [2.24, 2.45) is 0 Å². The third kappa shape index (κ3) is 2.92. The summed E-state index contributed by atoms with van der Waals surface area (Å²) in [5, 5.41) is 1.90. The number of piperidine rings is 1. The maximum absolute atomic E-state index is 12.6. The number of rotatable bonds is 2. The van der Waals surface area contributed by atoms with Crippen molar-refractivity contribution in [1.29, 1.82) is 0 Å². The van der Waals surface area contributed by atoms with Crippen molar-refractivity contribution >= 4 is 27.3 Å². The number of hydrogen-bond acceptors (Lipinski definition) is 5. The van der Waals surface area contributed by atoms with Gasteiger partial charge in [0.05, 0.1) is 30.6 Å². The van der Waals surface area contributed by atoms with Gasteiger partial charge in [-0.15, -0.1) is 11.3 Å². The molecule has 122 valence electrons. The molecule has 2 atom stereocenters. The monoisotopic (exact) mass is 344 g/mol. The van der Waals surface area contributed by atoms with Gasteiger partial charge in [0.1, 0.15) is 0 Å². The molecule has 6 nitrogen and oxygen atoms in total. The second-order valence-corrected chi connectivity index (χ2v) is 8.84. The Hall–Kier alpha value is -0.960. The van der Waals surface area contributed by atoms with Crippen molar-refractivity contribution in [1.82, 2.24) is 9.21 Å². The van der Waals surface area contributed by atoms with Gasteiger partial charge in [0.25, 0.3) is 5.91 Å². The minimum atomic E-state index is -3.29. The first-order valence-corrected chi connectivity index (χ1v) is 10.0. The van der Waals surface area contributed by atoms with Crippen LogP contribution in [0.1, 0.15) is 21.7 Å². The summed E-state index contributed by atoms with van der Waals surface area (Å²) in [5.74, 6) is -0.0174. The van der Waals surface area contributed by atoms with E-state index in [-0.39, 0.29) is 18.1 Å². The Balaban J connectivity index is 1.80. The standard InChI is InChI=1S/C14H20N2O4S2/c1-10-11(4-8-21-10)14(17)15-5-3-13-12(9-15)16(6-7-20-13)22(2,18)19/h4,8,12-13H,3,5-7,9H2,1-2H3/t12-,13-/m1/s1. The smallest absolute Gasteiger partial charge is 0.255 e. The highest BCUT2D eigenvalue weighted by Gasteiger charge is 2.42. The van der Waals surface area contributed by atoms with Gasteiger partial charge in [-0.25, -0.2) is 8.42 Å². The topological polar surface area (TPSA) is 66.9 Å². The molecule has 2 aliphatic heterocycles. The normalized spacial score (nSPS) is 26.7. The van der Waals surface area contributed by atoms with E-state index < -0.39 is 10.0 Å². The van der Waals surface area contributed by atoms with E-state index in [1.807, 2.05) is 18.4 Å². The second kappa shape index (κ2) is 5.92. The number of aryl methyl sites for hydroxylation is 1. The third-order valence-electron chi connectivity index (χ3n) is 4.34. The largest absolute Gasteiger partial charge is 0.375 e. The molecule has 2 saturated heterocycles. The van der Waals surface area contributed by atoms with Crippen molar-refractivity contribution in [2.75, 3.05) is 32.5 Å². The van der Waals surface area contributed by atoms with E-state index in [0.29, 0.717) is 38.2 Å². The Labute approximate surface area is 134 Å². The van der Waals surface area contributed by atoms with Crippen LogP contribution in [0.15, 0.2) is 11.4 Å². The number of thiophene rings is 1.